The molecule has 0 bridgehead atoms. The van der Waals surface area contributed by atoms with Crippen molar-refractivity contribution in [1.82, 2.24) is 5.32 Å². The van der Waals surface area contributed by atoms with Crippen molar-refractivity contribution in [3.05, 3.63) is 109 Å². The summed E-state index contributed by atoms with van der Waals surface area (Å²) in [6.45, 7) is 4.16. The predicted molar refractivity (Wildman–Crippen MR) is 248 cm³/mol. The molecule has 0 rings (SSSR count). The predicted octanol–water partition coefficient (Wildman–Crippen LogP) is 14.8. The molecule has 56 heavy (non-hydrogen) atoms. The van der Waals surface area contributed by atoms with Gasteiger partial charge in [0.25, 0.3) is 0 Å². The summed E-state index contributed by atoms with van der Waals surface area (Å²) in [5.74, 6) is -0.0980. The van der Waals surface area contributed by atoms with Crippen LogP contribution < -0.4 is 5.32 Å². The molecule has 0 aliphatic rings. The molecule has 3 N–H and O–H groups in total. The Morgan fingerprint density at radius 2 is 0.804 bits per heavy atom. The Bertz CT molecular complexity index is 1110. The van der Waals surface area contributed by atoms with Gasteiger partial charge in [0.1, 0.15) is 0 Å². The number of aliphatic hydroxyl groups excluding tert-OH is 2. The van der Waals surface area contributed by atoms with Crippen LogP contribution in [-0.4, -0.2) is 34.9 Å². The van der Waals surface area contributed by atoms with E-state index in [1.165, 1.54) is 83.5 Å². The molecule has 2 unspecified atom stereocenters. The zero-order valence-electron chi connectivity index (χ0n) is 36.4. The standard InChI is InChI=1S/C52H87NO3/c1-3-5-7-9-11-13-15-17-19-21-22-23-24-25-26-27-28-29-30-32-34-36-38-40-42-44-46-48-52(56)53-50(49-54)51(55)47-45-43-41-39-37-35-33-31-20-18-16-14-12-10-8-6-4-2/h5,7,11,13,17,19,22-23,25-26,28-29,32,34,37,39,45,47,50-51,54-55H,3-4,6,8-10,12,14-16,18,20-21,24,27,30-31,33,35-36,38,40-44,46,48-49H2,1-2H3,(H,53,56)/b7-5-,13-11-,19-17-,23-22-,26-25-,29-28-,34-32-,39-37+,47-45+. The summed E-state index contributed by atoms with van der Waals surface area (Å²) in [6.07, 6.45) is 70.5. The van der Waals surface area contributed by atoms with Gasteiger partial charge in [-0.1, -0.05) is 207 Å². The van der Waals surface area contributed by atoms with E-state index in [1.807, 2.05) is 6.08 Å². The summed E-state index contributed by atoms with van der Waals surface area (Å²) in [7, 11) is 0. The Labute approximate surface area is 346 Å². The largest absolute Gasteiger partial charge is 0.394 e. The maximum Gasteiger partial charge on any atom is 0.220 e. The highest BCUT2D eigenvalue weighted by Crippen LogP contribution is 2.13. The third-order valence-electron chi connectivity index (χ3n) is 9.74. The van der Waals surface area contributed by atoms with Gasteiger partial charge in [0.2, 0.25) is 5.91 Å². The smallest absolute Gasteiger partial charge is 0.220 e. The maximum absolute atomic E-state index is 12.4. The first-order chi connectivity index (χ1) is 27.7. The molecular weight excluding hydrogens is 687 g/mol. The minimum atomic E-state index is -0.878. The molecule has 0 saturated heterocycles. The van der Waals surface area contributed by atoms with Crippen molar-refractivity contribution in [2.45, 2.75) is 206 Å². The first-order valence-electron chi connectivity index (χ1n) is 23.1. The van der Waals surface area contributed by atoms with Gasteiger partial charge in [-0.2, -0.15) is 0 Å². The van der Waals surface area contributed by atoms with Gasteiger partial charge in [0.05, 0.1) is 18.8 Å². The minimum absolute atomic E-state index is 0.0980. The van der Waals surface area contributed by atoms with E-state index in [2.05, 4.69) is 116 Å². The van der Waals surface area contributed by atoms with E-state index in [-0.39, 0.29) is 12.5 Å². The monoisotopic (exact) mass is 774 g/mol. The third-order valence-corrected chi connectivity index (χ3v) is 9.74. The van der Waals surface area contributed by atoms with Crippen molar-refractivity contribution in [3.8, 4) is 0 Å². The number of hydrogen-bond acceptors (Lipinski definition) is 3. The van der Waals surface area contributed by atoms with Crippen LogP contribution in [0.4, 0.5) is 0 Å². The second kappa shape index (κ2) is 46.4. The summed E-state index contributed by atoms with van der Waals surface area (Å²) in [5.41, 5.74) is 0. The van der Waals surface area contributed by atoms with Gasteiger partial charge >= 0.3 is 0 Å². The fraction of sp³-hybridized carbons (Fsp3) is 0.635. The zero-order chi connectivity index (χ0) is 40.7. The second-order valence-corrected chi connectivity index (χ2v) is 15.1. The first kappa shape index (κ1) is 53.0. The van der Waals surface area contributed by atoms with E-state index < -0.39 is 12.1 Å². The second-order valence-electron chi connectivity index (χ2n) is 15.1. The number of hydrogen-bond donors (Lipinski definition) is 3. The van der Waals surface area contributed by atoms with E-state index in [4.69, 9.17) is 0 Å². The van der Waals surface area contributed by atoms with Crippen LogP contribution >= 0.6 is 0 Å². The quantitative estimate of drug-likeness (QED) is 0.0429. The lowest BCUT2D eigenvalue weighted by atomic mass is 10.1. The number of allylic oxidation sites excluding steroid dienone is 17. The highest BCUT2D eigenvalue weighted by atomic mass is 16.3. The Balaban J connectivity index is 3.72. The number of unbranched alkanes of at least 4 members (excludes halogenated alkanes) is 17. The van der Waals surface area contributed by atoms with Crippen LogP contribution in [0.2, 0.25) is 0 Å². The normalized spacial score (nSPS) is 14.0. The molecule has 0 aromatic heterocycles. The Hall–Kier alpha value is -2.95. The van der Waals surface area contributed by atoms with Crippen molar-refractivity contribution >= 4 is 5.91 Å². The van der Waals surface area contributed by atoms with Gasteiger partial charge in [-0.05, 0) is 89.9 Å². The number of carbonyl (C=O) groups excluding carboxylic acids is 1. The summed E-state index contributed by atoms with van der Waals surface area (Å²) in [4.78, 5) is 12.4. The summed E-state index contributed by atoms with van der Waals surface area (Å²) in [5, 5.41) is 23.0. The molecule has 0 aromatic rings. The molecule has 0 aliphatic carbocycles. The fourth-order valence-corrected chi connectivity index (χ4v) is 6.23. The molecule has 2 atom stereocenters. The maximum atomic E-state index is 12.4. The Morgan fingerprint density at radius 1 is 0.446 bits per heavy atom. The van der Waals surface area contributed by atoms with Gasteiger partial charge in [-0.15, -0.1) is 0 Å². The fourth-order valence-electron chi connectivity index (χ4n) is 6.23. The van der Waals surface area contributed by atoms with E-state index >= 15 is 0 Å². The number of carbonyl (C=O) groups is 1. The van der Waals surface area contributed by atoms with Gasteiger partial charge in [0, 0.05) is 6.42 Å². The molecule has 4 heteroatoms. The molecule has 0 aliphatic heterocycles. The summed E-state index contributed by atoms with van der Waals surface area (Å²) >= 11 is 0. The number of rotatable bonds is 40. The van der Waals surface area contributed by atoms with Crippen molar-refractivity contribution in [2.75, 3.05) is 6.61 Å². The molecule has 0 aromatic carbocycles. The number of aliphatic hydroxyl groups is 2. The average molecular weight is 774 g/mol. The molecular formula is C52H87NO3. The van der Waals surface area contributed by atoms with Crippen molar-refractivity contribution < 1.29 is 15.0 Å². The van der Waals surface area contributed by atoms with Gasteiger partial charge in [-0.3, -0.25) is 4.79 Å². The topological polar surface area (TPSA) is 69.6 Å². The number of nitrogens with one attached hydrogen (secondary N) is 1. The Morgan fingerprint density at radius 3 is 1.25 bits per heavy atom. The van der Waals surface area contributed by atoms with Crippen LogP contribution in [0.1, 0.15) is 194 Å². The van der Waals surface area contributed by atoms with Crippen LogP contribution in [0.5, 0.6) is 0 Å². The first-order valence-corrected chi connectivity index (χ1v) is 23.1. The Kier molecular flexibility index (Phi) is 44.0. The van der Waals surface area contributed by atoms with E-state index in [9.17, 15) is 15.0 Å². The van der Waals surface area contributed by atoms with E-state index in [0.29, 0.717) is 6.42 Å². The van der Waals surface area contributed by atoms with E-state index in [0.717, 1.165) is 89.9 Å². The van der Waals surface area contributed by atoms with Crippen LogP contribution in [0.15, 0.2) is 109 Å². The van der Waals surface area contributed by atoms with Gasteiger partial charge in [-0.25, -0.2) is 0 Å². The molecule has 0 saturated carbocycles. The summed E-state index contributed by atoms with van der Waals surface area (Å²) < 4.78 is 0. The lowest BCUT2D eigenvalue weighted by Gasteiger charge is -2.19. The molecule has 318 valence electrons. The molecule has 0 spiro atoms. The third kappa shape index (κ3) is 42.2. The van der Waals surface area contributed by atoms with E-state index in [1.54, 1.807) is 6.08 Å². The molecule has 0 heterocycles. The van der Waals surface area contributed by atoms with Gasteiger partial charge in [0.15, 0.2) is 0 Å². The molecule has 0 radical (unpaired) electrons. The zero-order valence-corrected chi connectivity index (χ0v) is 36.4. The number of amides is 1. The van der Waals surface area contributed by atoms with Crippen LogP contribution in [0.25, 0.3) is 0 Å². The van der Waals surface area contributed by atoms with Crippen molar-refractivity contribution in [3.63, 3.8) is 0 Å². The lowest BCUT2D eigenvalue weighted by Crippen LogP contribution is -2.45. The molecule has 0 fully saturated rings. The lowest BCUT2D eigenvalue weighted by molar-refractivity contribution is -0.123. The van der Waals surface area contributed by atoms with Crippen LogP contribution in [-0.2, 0) is 4.79 Å². The van der Waals surface area contributed by atoms with Crippen molar-refractivity contribution in [1.29, 1.82) is 0 Å². The molecule has 1 amide bonds. The highest BCUT2D eigenvalue weighted by molar-refractivity contribution is 5.76. The van der Waals surface area contributed by atoms with Crippen LogP contribution in [0, 0.1) is 0 Å². The van der Waals surface area contributed by atoms with Crippen molar-refractivity contribution in [2.24, 2.45) is 0 Å². The SMILES string of the molecule is CC/C=C\C/C=C\C/C=C\C/C=C\C/C=C\C/C=C\C/C=C\CCCCCCCC(=O)NC(CO)C(O)/C=C/CC/C=C/CCCCCCCCCCCCC. The highest BCUT2D eigenvalue weighted by Gasteiger charge is 2.17. The van der Waals surface area contributed by atoms with Crippen LogP contribution in [0.3, 0.4) is 0 Å². The van der Waals surface area contributed by atoms with Gasteiger partial charge < -0.3 is 15.5 Å². The molecule has 4 nitrogen and oxygen atoms in total. The average Bonchev–Trinajstić information content (AvgIpc) is 3.20. The minimum Gasteiger partial charge on any atom is -0.394 e. The summed E-state index contributed by atoms with van der Waals surface area (Å²) in [6, 6.07) is -0.657.